The molecule has 1 amide bonds. The predicted molar refractivity (Wildman–Crippen MR) is 124 cm³/mol. The monoisotopic (exact) mass is 462 g/mol. The summed E-state index contributed by atoms with van der Waals surface area (Å²) in [4.78, 5) is 29.2. The molecule has 0 aliphatic carbocycles. The van der Waals surface area contributed by atoms with Crippen LogP contribution in [-0.4, -0.2) is 38.8 Å². The molecule has 1 fully saturated rings. The van der Waals surface area contributed by atoms with Crippen molar-refractivity contribution in [1.29, 1.82) is 0 Å². The second kappa shape index (κ2) is 9.23. The lowest BCUT2D eigenvalue weighted by Crippen LogP contribution is -2.39. The Labute approximate surface area is 195 Å². The van der Waals surface area contributed by atoms with Gasteiger partial charge in [0.1, 0.15) is 21.5 Å². The summed E-state index contributed by atoms with van der Waals surface area (Å²) in [6.45, 7) is 3.11. The largest absolute Gasteiger partial charge is 0.445 e. The maximum absolute atomic E-state index is 13.5. The summed E-state index contributed by atoms with van der Waals surface area (Å²) in [5.41, 5.74) is 2.33. The second-order valence-electron chi connectivity index (χ2n) is 8.21. The minimum atomic E-state index is -0.266. The van der Waals surface area contributed by atoms with Crippen LogP contribution in [0, 0.1) is 12.7 Å². The molecule has 0 radical (unpaired) electrons. The third kappa shape index (κ3) is 4.71. The average Bonchev–Trinajstić information content (AvgIpc) is 3.46. The third-order valence-electron chi connectivity index (χ3n) is 5.77. The van der Waals surface area contributed by atoms with Crippen LogP contribution in [0.2, 0.25) is 0 Å². The number of rotatable bonds is 5. The van der Waals surface area contributed by atoms with E-state index < -0.39 is 0 Å². The van der Waals surface area contributed by atoms with Gasteiger partial charge in [0, 0.05) is 25.7 Å². The Kier molecular flexibility index (Phi) is 6.00. The van der Waals surface area contributed by atoms with Crippen molar-refractivity contribution >= 4 is 17.2 Å². The smallest absolute Gasteiger partial charge is 0.265 e. The van der Waals surface area contributed by atoms with Crippen LogP contribution in [0.1, 0.15) is 51.3 Å². The van der Waals surface area contributed by atoms with E-state index in [1.165, 1.54) is 23.5 Å². The van der Waals surface area contributed by atoms with Crippen LogP contribution in [0.5, 0.6) is 0 Å². The van der Waals surface area contributed by atoms with Crippen molar-refractivity contribution in [3.05, 3.63) is 88.5 Å². The highest BCUT2D eigenvalue weighted by atomic mass is 32.1. The molecule has 5 rings (SSSR count). The molecule has 1 atom stereocenters. The van der Waals surface area contributed by atoms with Crippen molar-refractivity contribution < 1.29 is 13.6 Å². The Morgan fingerprint density at radius 1 is 1.24 bits per heavy atom. The fourth-order valence-corrected chi connectivity index (χ4v) is 5.15. The van der Waals surface area contributed by atoms with E-state index in [-0.39, 0.29) is 17.6 Å². The number of piperidine rings is 1. The van der Waals surface area contributed by atoms with Crippen LogP contribution >= 0.6 is 11.3 Å². The number of likely N-dealkylation sites (tertiary alicyclic amines) is 1. The number of carbonyl (C=O) groups excluding carboxylic acids is 1. The first kappa shape index (κ1) is 21.5. The van der Waals surface area contributed by atoms with Crippen LogP contribution < -0.4 is 0 Å². The van der Waals surface area contributed by atoms with Gasteiger partial charge in [0.2, 0.25) is 0 Å². The van der Waals surface area contributed by atoms with E-state index in [2.05, 4.69) is 15.0 Å². The zero-order valence-electron chi connectivity index (χ0n) is 18.2. The summed E-state index contributed by atoms with van der Waals surface area (Å²) in [5.74, 6) is 1.08. The van der Waals surface area contributed by atoms with E-state index in [0.29, 0.717) is 36.0 Å². The minimum absolute atomic E-state index is 0.0107. The van der Waals surface area contributed by atoms with Gasteiger partial charge in [0.05, 0.1) is 23.5 Å². The zero-order chi connectivity index (χ0) is 22.8. The molecular formula is C25H23FN4O2S. The molecule has 4 aromatic rings. The number of pyridine rings is 1. The first-order valence-electron chi connectivity index (χ1n) is 10.9. The molecule has 4 heterocycles. The molecule has 33 heavy (non-hydrogen) atoms. The van der Waals surface area contributed by atoms with Crippen molar-refractivity contribution in [3.8, 4) is 10.7 Å². The number of aromatic nitrogens is 3. The van der Waals surface area contributed by atoms with Crippen molar-refractivity contribution in [3.63, 3.8) is 0 Å². The number of hydrogen-bond acceptors (Lipinski definition) is 6. The van der Waals surface area contributed by atoms with Gasteiger partial charge >= 0.3 is 0 Å². The SMILES string of the molecule is Cc1nc(-c2ccccn2)sc1C(=O)N1CCCC(c2ncc(Cc3cccc(F)c3)o2)C1. The normalized spacial score (nSPS) is 16.2. The lowest BCUT2D eigenvalue weighted by Gasteiger charge is -2.31. The van der Waals surface area contributed by atoms with E-state index in [1.54, 1.807) is 18.5 Å². The van der Waals surface area contributed by atoms with Crippen LogP contribution in [0.25, 0.3) is 10.7 Å². The summed E-state index contributed by atoms with van der Waals surface area (Å²) in [6, 6.07) is 12.1. The molecule has 168 valence electrons. The molecule has 1 unspecified atom stereocenters. The van der Waals surface area contributed by atoms with E-state index in [0.717, 1.165) is 34.8 Å². The molecule has 1 aromatic carbocycles. The van der Waals surface area contributed by atoms with Crippen LogP contribution in [-0.2, 0) is 6.42 Å². The lowest BCUT2D eigenvalue weighted by molar-refractivity contribution is 0.0702. The molecule has 8 heteroatoms. The Bertz CT molecular complexity index is 1270. The van der Waals surface area contributed by atoms with Crippen molar-refractivity contribution in [1.82, 2.24) is 19.9 Å². The van der Waals surface area contributed by atoms with Gasteiger partial charge in [-0.25, -0.2) is 14.4 Å². The van der Waals surface area contributed by atoms with Gasteiger partial charge in [-0.05, 0) is 49.6 Å². The highest BCUT2D eigenvalue weighted by molar-refractivity contribution is 7.17. The molecule has 1 saturated heterocycles. The highest BCUT2D eigenvalue weighted by Crippen LogP contribution is 2.31. The van der Waals surface area contributed by atoms with Gasteiger partial charge in [0.15, 0.2) is 5.89 Å². The Morgan fingerprint density at radius 3 is 2.97 bits per heavy atom. The van der Waals surface area contributed by atoms with E-state index in [9.17, 15) is 9.18 Å². The highest BCUT2D eigenvalue weighted by Gasteiger charge is 2.30. The molecule has 6 nitrogen and oxygen atoms in total. The number of aryl methyl sites for hydroxylation is 1. The topological polar surface area (TPSA) is 72.1 Å². The van der Waals surface area contributed by atoms with Gasteiger partial charge in [-0.1, -0.05) is 18.2 Å². The van der Waals surface area contributed by atoms with Crippen molar-refractivity contribution in [2.45, 2.75) is 32.1 Å². The quantitative estimate of drug-likeness (QED) is 0.405. The summed E-state index contributed by atoms with van der Waals surface area (Å²) in [5, 5.41) is 0.750. The Hall–Kier alpha value is -3.39. The van der Waals surface area contributed by atoms with Gasteiger partial charge in [-0.2, -0.15) is 0 Å². The molecule has 3 aromatic heterocycles. The fraction of sp³-hybridized carbons (Fsp3) is 0.280. The summed E-state index contributed by atoms with van der Waals surface area (Å²) < 4.78 is 19.5. The van der Waals surface area contributed by atoms with Crippen LogP contribution in [0.3, 0.4) is 0 Å². The predicted octanol–water partition coefficient (Wildman–Crippen LogP) is 5.25. The number of thiazole rings is 1. The minimum Gasteiger partial charge on any atom is -0.445 e. The summed E-state index contributed by atoms with van der Waals surface area (Å²) in [7, 11) is 0. The molecule has 0 N–H and O–H groups in total. The van der Waals surface area contributed by atoms with Gasteiger partial charge in [-0.15, -0.1) is 11.3 Å². The molecule has 1 aliphatic rings. The van der Waals surface area contributed by atoms with Crippen LogP contribution in [0.4, 0.5) is 4.39 Å². The van der Waals surface area contributed by atoms with Gasteiger partial charge in [-0.3, -0.25) is 9.78 Å². The molecular weight excluding hydrogens is 439 g/mol. The number of hydrogen-bond donors (Lipinski definition) is 0. The lowest BCUT2D eigenvalue weighted by atomic mass is 9.98. The first-order valence-corrected chi connectivity index (χ1v) is 11.8. The van der Waals surface area contributed by atoms with Crippen molar-refractivity contribution in [2.24, 2.45) is 0 Å². The standard InChI is InChI=1S/C25H23FN4O2S/c1-16-22(33-24(29-16)21-9-2-3-10-27-21)25(31)30-11-5-7-18(15-30)23-28-14-20(32-23)13-17-6-4-8-19(26)12-17/h2-4,6,8-10,12,14,18H,5,7,11,13,15H2,1H3. The number of nitrogens with zero attached hydrogens (tertiary/aromatic N) is 4. The van der Waals surface area contributed by atoms with Crippen molar-refractivity contribution in [2.75, 3.05) is 13.1 Å². The molecule has 0 bridgehead atoms. The van der Waals surface area contributed by atoms with Gasteiger partial charge < -0.3 is 9.32 Å². The summed E-state index contributed by atoms with van der Waals surface area (Å²) in [6.07, 6.45) is 5.69. The second-order valence-corrected chi connectivity index (χ2v) is 9.21. The Morgan fingerprint density at radius 2 is 2.15 bits per heavy atom. The number of benzene rings is 1. The van der Waals surface area contributed by atoms with Gasteiger partial charge in [0.25, 0.3) is 5.91 Å². The number of halogens is 1. The zero-order valence-corrected chi connectivity index (χ0v) is 19.0. The van der Waals surface area contributed by atoms with E-state index in [4.69, 9.17) is 4.42 Å². The first-order chi connectivity index (χ1) is 16.1. The Balaban J connectivity index is 1.29. The number of carbonyl (C=O) groups is 1. The van der Waals surface area contributed by atoms with E-state index in [1.807, 2.05) is 36.1 Å². The number of oxazole rings is 1. The van der Waals surface area contributed by atoms with E-state index >= 15 is 0 Å². The van der Waals surface area contributed by atoms with Crippen LogP contribution in [0.15, 0.2) is 59.3 Å². The number of amides is 1. The average molecular weight is 463 g/mol. The molecule has 0 spiro atoms. The molecule has 1 aliphatic heterocycles. The summed E-state index contributed by atoms with van der Waals surface area (Å²) >= 11 is 1.38. The fourth-order valence-electron chi connectivity index (χ4n) is 4.14. The maximum Gasteiger partial charge on any atom is 0.265 e. The molecule has 0 saturated carbocycles. The third-order valence-corrected chi connectivity index (χ3v) is 6.94. The maximum atomic E-state index is 13.5.